The SMILES string of the molecule is CCCCC(CC)COc1cc2c(cc1OCC(CC)CCCC)-c1nc-2nc2[nH]c(nc3nc(nc4[nH]c(n1)c1cc(OCC(CC)CCCC)c(OCC(CC)CCCC)cc41)-c1cc(OCC(CC)CCCC)c(OCC(CC)CCCC)cc1-3)c1cc(OCC(CC)CCCC)c(OCC(CC)CCCC)cc21. The standard InChI is InChI=1S/C96H146N8O8/c1-17-33-41-65(25-9)57-105-81-49-73-74(50-82(81)106-58-66(26-10)42-34-18-2)90-97-89(73)101-91-75-51-83(107-59-67(27-11)43-35-19-3)84(108-60-68(28-12)44-36-20-4)52-76(75)93(98-91)103-95-79-55-87(111-63-71(31-15)47-39-23-7)88(112-64-72(32-16)48-40-24-8)56-80(79)96(100-95)104-94-78-54-86(110-62-70(30-14)46-38-22-6)85(53-77(78)92(99-94)102-90)109-61-69(29-13)45-37-21-5/h49-56,65-72H,17-48,57-64H2,1-16H3,(H2,97,98,99,100,101,102,103,104). The Hall–Kier alpha value is -7.36. The molecule has 0 radical (unpaired) electrons. The fraction of sp³-hybridized carbons (Fsp3) is 0.667. The molecule has 3 aromatic heterocycles. The van der Waals surface area contributed by atoms with Gasteiger partial charge in [0.05, 0.1) is 52.9 Å². The second-order valence-corrected chi connectivity index (χ2v) is 32.8. The Morgan fingerprint density at radius 3 is 0.509 bits per heavy atom. The molecule has 8 bridgehead atoms. The van der Waals surface area contributed by atoms with Crippen LogP contribution >= 0.6 is 0 Å². The Labute approximate surface area is 674 Å². The zero-order chi connectivity index (χ0) is 79.7. The second kappa shape index (κ2) is 46.9. The molecule has 16 heteroatoms. The molecule has 9 rings (SSSR count). The Bertz CT molecular complexity index is 3640. The predicted octanol–water partition coefficient (Wildman–Crippen LogP) is 27.6. The maximum Gasteiger partial charge on any atom is 0.164 e. The number of ether oxygens (including phenoxy) is 8. The maximum atomic E-state index is 7.11. The van der Waals surface area contributed by atoms with Gasteiger partial charge in [0.1, 0.15) is 22.6 Å². The van der Waals surface area contributed by atoms with Crippen LogP contribution in [0.4, 0.5) is 0 Å². The Morgan fingerprint density at radius 2 is 0.366 bits per heavy atom. The molecule has 5 heterocycles. The van der Waals surface area contributed by atoms with E-state index in [0.717, 1.165) is 249 Å². The average Bonchev–Trinajstić information content (AvgIpc) is 1.59. The molecule has 0 saturated heterocycles. The van der Waals surface area contributed by atoms with Crippen molar-refractivity contribution in [3.05, 3.63) is 48.5 Å². The zero-order valence-electron chi connectivity index (χ0n) is 72.5. The number of fused-ring (bicyclic) bond motifs is 20. The van der Waals surface area contributed by atoms with Gasteiger partial charge in [-0.05, 0) is 147 Å². The number of benzene rings is 4. The lowest BCUT2D eigenvalue weighted by atomic mass is 10.00. The molecule has 112 heavy (non-hydrogen) atoms. The number of nitrogens with zero attached hydrogens (tertiary/aromatic N) is 6. The topological polar surface area (TPSA) is 183 Å². The minimum Gasteiger partial charge on any atom is -0.489 e. The fourth-order valence-corrected chi connectivity index (χ4v) is 15.6. The van der Waals surface area contributed by atoms with Crippen LogP contribution in [0.3, 0.4) is 0 Å². The molecule has 0 saturated carbocycles. The molecule has 8 atom stereocenters. The highest BCUT2D eigenvalue weighted by Crippen LogP contribution is 2.48. The van der Waals surface area contributed by atoms with Gasteiger partial charge in [0.15, 0.2) is 69.3 Å². The van der Waals surface area contributed by atoms with Crippen LogP contribution in [0.15, 0.2) is 48.5 Å². The molecule has 618 valence electrons. The van der Waals surface area contributed by atoms with E-state index in [4.69, 9.17) is 67.8 Å². The highest BCUT2D eigenvalue weighted by molar-refractivity contribution is 6.08. The molecule has 0 fully saturated rings. The molecule has 0 spiro atoms. The summed E-state index contributed by atoms with van der Waals surface area (Å²) < 4.78 is 56.9. The van der Waals surface area contributed by atoms with Crippen molar-refractivity contribution in [2.45, 2.75) is 316 Å². The van der Waals surface area contributed by atoms with Gasteiger partial charge in [-0.3, -0.25) is 0 Å². The smallest absolute Gasteiger partial charge is 0.164 e. The van der Waals surface area contributed by atoms with Gasteiger partial charge < -0.3 is 47.9 Å². The first-order valence-corrected chi connectivity index (χ1v) is 45.4. The van der Waals surface area contributed by atoms with Gasteiger partial charge in [0.2, 0.25) is 0 Å². The molecule has 4 aromatic carbocycles. The molecular weight excluding hydrogens is 1390 g/mol. The number of hydrogen-bond acceptors (Lipinski definition) is 14. The Kier molecular flexibility index (Phi) is 37.1. The largest absolute Gasteiger partial charge is 0.489 e. The van der Waals surface area contributed by atoms with Gasteiger partial charge in [0, 0.05) is 43.8 Å². The minimum atomic E-state index is 0.365. The summed E-state index contributed by atoms with van der Waals surface area (Å²) in [5, 5.41) is 3.18. The minimum absolute atomic E-state index is 0.365. The van der Waals surface area contributed by atoms with E-state index in [-0.39, 0.29) is 0 Å². The van der Waals surface area contributed by atoms with Crippen molar-refractivity contribution >= 4 is 44.1 Å². The van der Waals surface area contributed by atoms with Crippen molar-refractivity contribution in [1.29, 1.82) is 0 Å². The third-order valence-corrected chi connectivity index (χ3v) is 24.2. The van der Waals surface area contributed by atoms with Crippen LogP contribution < -0.4 is 37.9 Å². The highest BCUT2D eigenvalue weighted by Gasteiger charge is 2.30. The Morgan fingerprint density at radius 1 is 0.214 bits per heavy atom. The molecule has 2 N–H and O–H groups in total. The average molecular weight is 1540 g/mol. The van der Waals surface area contributed by atoms with Crippen LogP contribution in [0.25, 0.3) is 89.7 Å². The molecule has 7 aromatic rings. The van der Waals surface area contributed by atoms with Crippen LogP contribution in [0, 0.1) is 47.3 Å². The van der Waals surface area contributed by atoms with Crippen molar-refractivity contribution in [3.63, 3.8) is 0 Å². The third-order valence-electron chi connectivity index (χ3n) is 24.2. The van der Waals surface area contributed by atoms with Gasteiger partial charge in [-0.15, -0.1) is 0 Å². The van der Waals surface area contributed by atoms with Gasteiger partial charge in [-0.1, -0.05) is 265 Å². The summed E-state index contributed by atoms with van der Waals surface area (Å²) in [7, 11) is 0. The van der Waals surface area contributed by atoms with Crippen molar-refractivity contribution in [2.24, 2.45) is 47.3 Å². The number of aromatic nitrogens is 8. The van der Waals surface area contributed by atoms with Crippen LogP contribution in [-0.4, -0.2) is 92.7 Å². The highest BCUT2D eigenvalue weighted by atomic mass is 16.5. The summed E-state index contributed by atoms with van der Waals surface area (Å²) in [5.74, 6) is 10.1. The monoisotopic (exact) mass is 1540 g/mol. The van der Waals surface area contributed by atoms with E-state index in [1.165, 1.54) is 0 Å². The second-order valence-electron chi connectivity index (χ2n) is 32.8. The number of aromatic amines is 2. The van der Waals surface area contributed by atoms with Gasteiger partial charge >= 0.3 is 0 Å². The predicted molar refractivity (Wildman–Crippen MR) is 466 cm³/mol. The van der Waals surface area contributed by atoms with E-state index in [0.29, 0.717) is 192 Å². The van der Waals surface area contributed by atoms with Crippen LogP contribution in [-0.2, 0) is 0 Å². The van der Waals surface area contributed by atoms with Crippen molar-refractivity contribution in [1.82, 2.24) is 39.9 Å². The summed E-state index contributed by atoms with van der Waals surface area (Å²) in [6.07, 6.45) is 34.8. The van der Waals surface area contributed by atoms with Gasteiger partial charge in [-0.25, -0.2) is 29.9 Å². The lowest BCUT2D eigenvalue weighted by Crippen LogP contribution is -2.14. The van der Waals surface area contributed by atoms with Gasteiger partial charge in [0.25, 0.3) is 0 Å². The molecule has 8 unspecified atom stereocenters. The van der Waals surface area contributed by atoms with E-state index < -0.39 is 0 Å². The number of rotatable bonds is 56. The normalized spacial score (nSPS) is 14.1. The molecule has 0 amide bonds. The maximum absolute atomic E-state index is 7.11. The van der Waals surface area contributed by atoms with Crippen molar-refractivity contribution in [3.8, 4) is 91.5 Å². The van der Waals surface area contributed by atoms with Crippen LogP contribution in [0.1, 0.15) is 316 Å². The summed E-state index contributed by atoms with van der Waals surface area (Å²) in [6.45, 7) is 40.7. The first-order chi connectivity index (χ1) is 54.8. The number of unbranched alkanes of at least 4 members (excludes halogenated alkanes) is 8. The molecule has 2 aliphatic rings. The molecular formula is C96H146N8O8. The lowest BCUT2D eigenvalue weighted by molar-refractivity contribution is 0.199. The number of nitrogens with one attached hydrogen (secondary N) is 2. The van der Waals surface area contributed by atoms with Crippen molar-refractivity contribution < 1.29 is 37.9 Å². The first kappa shape index (κ1) is 88.6. The van der Waals surface area contributed by atoms with E-state index in [2.05, 4.69) is 169 Å². The number of H-pyrrole nitrogens is 2. The lowest BCUT2D eigenvalue weighted by Gasteiger charge is -2.21. The van der Waals surface area contributed by atoms with E-state index in [9.17, 15) is 0 Å². The third kappa shape index (κ3) is 24.4. The van der Waals surface area contributed by atoms with E-state index >= 15 is 0 Å². The molecule has 0 aliphatic carbocycles. The quantitative estimate of drug-likeness (QED) is 0.0367. The van der Waals surface area contributed by atoms with Crippen LogP contribution in [0.2, 0.25) is 0 Å². The van der Waals surface area contributed by atoms with E-state index in [1.807, 2.05) is 0 Å². The first-order valence-electron chi connectivity index (χ1n) is 45.4. The summed E-state index contributed by atoms with van der Waals surface area (Å²) in [6, 6.07) is 16.9. The van der Waals surface area contributed by atoms with E-state index in [1.54, 1.807) is 0 Å². The fourth-order valence-electron chi connectivity index (χ4n) is 15.6. The Balaban J connectivity index is 1.44. The van der Waals surface area contributed by atoms with Gasteiger partial charge in [-0.2, -0.15) is 0 Å². The summed E-state index contributed by atoms with van der Waals surface area (Å²) in [5.41, 5.74) is 5.25. The van der Waals surface area contributed by atoms with Crippen LogP contribution in [0.5, 0.6) is 46.0 Å². The zero-order valence-corrected chi connectivity index (χ0v) is 72.5. The number of hydrogen-bond donors (Lipinski definition) is 2. The summed E-state index contributed by atoms with van der Waals surface area (Å²) in [4.78, 5) is 41.9. The molecule has 2 aliphatic heterocycles. The van der Waals surface area contributed by atoms with Crippen molar-refractivity contribution in [2.75, 3.05) is 52.9 Å². The molecule has 16 nitrogen and oxygen atoms in total. The summed E-state index contributed by atoms with van der Waals surface area (Å²) >= 11 is 0.